The van der Waals surface area contributed by atoms with Crippen molar-refractivity contribution in [3.63, 3.8) is 0 Å². The van der Waals surface area contributed by atoms with Gasteiger partial charge in [-0.1, -0.05) is 66.7 Å². The van der Waals surface area contributed by atoms with E-state index in [1.165, 1.54) is 11.1 Å². The van der Waals surface area contributed by atoms with Crippen LogP contribution >= 0.6 is 31.9 Å². The zero-order chi connectivity index (χ0) is 12.8. The molecule has 0 aliphatic carbocycles. The highest BCUT2D eigenvalue weighted by atomic mass is 79.9. The van der Waals surface area contributed by atoms with Gasteiger partial charge in [-0.15, -0.1) is 0 Å². The Hall–Kier alpha value is -1.12. The molecule has 2 rings (SSSR count). The van der Waals surface area contributed by atoms with Crippen LogP contribution < -0.4 is 0 Å². The predicted octanol–water partition coefficient (Wildman–Crippen LogP) is 5.95. The van der Waals surface area contributed by atoms with Crippen LogP contribution in [0.3, 0.4) is 0 Å². The topological polar surface area (TPSA) is 0 Å². The van der Waals surface area contributed by atoms with Gasteiger partial charge in [0.15, 0.2) is 0 Å². The van der Waals surface area contributed by atoms with Gasteiger partial charge in [-0.25, -0.2) is 0 Å². The number of halogens is 2. The SMILES string of the molecule is BrC(Br)=Cc1ccc(/C=C/c2ccccc2)cc1. The third-order valence-electron chi connectivity index (χ3n) is 2.48. The molecule has 0 bridgehead atoms. The van der Waals surface area contributed by atoms with Crippen LogP contribution in [0.4, 0.5) is 0 Å². The van der Waals surface area contributed by atoms with Gasteiger partial charge in [0.25, 0.3) is 0 Å². The molecule has 0 nitrogen and oxygen atoms in total. The summed E-state index contributed by atoms with van der Waals surface area (Å²) < 4.78 is 0.947. The minimum Gasteiger partial charge on any atom is -0.0622 e. The average Bonchev–Trinajstić information content (AvgIpc) is 2.38. The molecule has 0 N–H and O–H groups in total. The average molecular weight is 364 g/mol. The summed E-state index contributed by atoms with van der Waals surface area (Å²) in [6, 6.07) is 18.7. The normalized spacial score (nSPS) is 10.6. The minimum atomic E-state index is 0.947. The second-order valence-electron chi connectivity index (χ2n) is 3.84. The third-order valence-corrected chi connectivity index (χ3v) is 2.94. The van der Waals surface area contributed by atoms with Crippen molar-refractivity contribution in [3.05, 3.63) is 74.7 Å². The Morgan fingerprint density at radius 2 is 1.17 bits per heavy atom. The van der Waals surface area contributed by atoms with Crippen molar-refractivity contribution in [2.45, 2.75) is 0 Å². The highest BCUT2D eigenvalue weighted by Crippen LogP contribution is 2.18. The van der Waals surface area contributed by atoms with Crippen LogP contribution in [0.5, 0.6) is 0 Å². The standard InChI is InChI=1S/C16H12Br2/c17-16(18)12-15-10-8-14(9-11-15)7-6-13-4-2-1-3-5-13/h1-12H/b7-6+. The van der Waals surface area contributed by atoms with E-state index >= 15 is 0 Å². The first-order valence-electron chi connectivity index (χ1n) is 5.60. The van der Waals surface area contributed by atoms with Crippen LogP contribution in [-0.2, 0) is 0 Å². The molecule has 2 heteroatoms. The zero-order valence-electron chi connectivity index (χ0n) is 9.68. The number of benzene rings is 2. The van der Waals surface area contributed by atoms with Gasteiger partial charge in [0, 0.05) is 0 Å². The van der Waals surface area contributed by atoms with E-state index in [2.05, 4.69) is 80.4 Å². The molecule has 2 aromatic carbocycles. The Balaban J connectivity index is 2.11. The maximum absolute atomic E-state index is 3.35. The summed E-state index contributed by atoms with van der Waals surface area (Å²) in [6.45, 7) is 0. The summed E-state index contributed by atoms with van der Waals surface area (Å²) in [7, 11) is 0. The Kier molecular flexibility index (Phi) is 4.97. The lowest BCUT2D eigenvalue weighted by Gasteiger charge is -1.97. The van der Waals surface area contributed by atoms with Crippen molar-refractivity contribution >= 4 is 50.1 Å². The maximum atomic E-state index is 3.35. The lowest BCUT2D eigenvalue weighted by Crippen LogP contribution is -1.75. The van der Waals surface area contributed by atoms with Crippen molar-refractivity contribution in [1.82, 2.24) is 0 Å². The van der Waals surface area contributed by atoms with Crippen molar-refractivity contribution in [1.29, 1.82) is 0 Å². The molecule has 0 spiro atoms. The van der Waals surface area contributed by atoms with Crippen LogP contribution in [0, 0.1) is 0 Å². The predicted molar refractivity (Wildman–Crippen MR) is 87.6 cm³/mol. The Morgan fingerprint density at radius 3 is 1.72 bits per heavy atom. The summed E-state index contributed by atoms with van der Waals surface area (Å²) in [5, 5.41) is 0. The van der Waals surface area contributed by atoms with E-state index in [4.69, 9.17) is 0 Å². The third kappa shape index (κ3) is 4.28. The van der Waals surface area contributed by atoms with E-state index in [0.29, 0.717) is 0 Å². The molecule has 18 heavy (non-hydrogen) atoms. The molecular formula is C16H12Br2. The fourth-order valence-corrected chi connectivity index (χ4v) is 2.11. The second-order valence-corrected chi connectivity index (χ2v) is 6.62. The molecule has 0 aliphatic rings. The molecule has 0 radical (unpaired) electrons. The Morgan fingerprint density at radius 1 is 0.667 bits per heavy atom. The first kappa shape index (κ1) is 13.3. The van der Waals surface area contributed by atoms with E-state index in [9.17, 15) is 0 Å². The number of hydrogen-bond donors (Lipinski definition) is 0. The number of hydrogen-bond acceptors (Lipinski definition) is 0. The van der Waals surface area contributed by atoms with Gasteiger partial charge in [-0.2, -0.15) is 0 Å². The highest BCUT2D eigenvalue weighted by Gasteiger charge is 1.91. The summed E-state index contributed by atoms with van der Waals surface area (Å²) in [6.07, 6.45) is 6.25. The first-order chi connectivity index (χ1) is 8.74. The minimum absolute atomic E-state index is 0.947. The molecule has 0 aromatic heterocycles. The molecule has 0 heterocycles. The lowest BCUT2D eigenvalue weighted by molar-refractivity contribution is 1.62. The quantitative estimate of drug-likeness (QED) is 0.591. The van der Waals surface area contributed by atoms with Crippen LogP contribution in [0.2, 0.25) is 0 Å². The van der Waals surface area contributed by atoms with E-state index < -0.39 is 0 Å². The fraction of sp³-hybridized carbons (Fsp3) is 0. The molecule has 90 valence electrons. The zero-order valence-corrected chi connectivity index (χ0v) is 12.9. The van der Waals surface area contributed by atoms with Crippen molar-refractivity contribution in [2.24, 2.45) is 0 Å². The van der Waals surface area contributed by atoms with Crippen molar-refractivity contribution in [3.8, 4) is 0 Å². The van der Waals surface area contributed by atoms with Crippen LogP contribution in [0.15, 0.2) is 58.0 Å². The summed E-state index contributed by atoms with van der Waals surface area (Å²) in [5.74, 6) is 0. The van der Waals surface area contributed by atoms with Gasteiger partial charge in [0.1, 0.15) is 0 Å². The van der Waals surface area contributed by atoms with E-state index in [1.54, 1.807) is 0 Å². The van der Waals surface area contributed by atoms with E-state index in [-0.39, 0.29) is 0 Å². The van der Waals surface area contributed by atoms with E-state index in [1.807, 2.05) is 24.3 Å². The molecule has 0 saturated heterocycles. The molecular weight excluding hydrogens is 352 g/mol. The summed E-state index contributed by atoms with van der Waals surface area (Å²) >= 11 is 6.71. The smallest absolute Gasteiger partial charge is 0.0610 e. The molecule has 0 fully saturated rings. The summed E-state index contributed by atoms with van der Waals surface area (Å²) in [4.78, 5) is 0. The van der Waals surface area contributed by atoms with Gasteiger partial charge in [-0.05, 0) is 54.6 Å². The maximum Gasteiger partial charge on any atom is 0.0610 e. The molecule has 0 unspecified atom stereocenters. The highest BCUT2D eigenvalue weighted by molar-refractivity contribution is 9.28. The van der Waals surface area contributed by atoms with Crippen LogP contribution in [0.25, 0.3) is 18.2 Å². The lowest BCUT2D eigenvalue weighted by atomic mass is 10.1. The second kappa shape index (κ2) is 6.72. The van der Waals surface area contributed by atoms with Crippen LogP contribution in [0.1, 0.15) is 16.7 Å². The molecule has 0 aliphatic heterocycles. The van der Waals surface area contributed by atoms with Gasteiger partial charge >= 0.3 is 0 Å². The van der Waals surface area contributed by atoms with Gasteiger partial charge < -0.3 is 0 Å². The van der Waals surface area contributed by atoms with Gasteiger partial charge in [-0.3, -0.25) is 0 Å². The molecule has 0 saturated carbocycles. The Labute approximate surface area is 124 Å². The fourth-order valence-electron chi connectivity index (χ4n) is 1.59. The molecule has 0 amide bonds. The summed E-state index contributed by atoms with van der Waals surface area (Å²) in [5.41, 5.74) is 3.57. The van der Waals surface area contributed by atoms with Gasteiger partial charge in [0.2, 0.25) is 0 Å². The van der Waals surface area contributed by atoms with Gasteiger partial charge in [0.05, 0.1) is 3.39 Å². The largest absolute Gasteiger partial charge is 0.0622 e. The van der Waals surface area contributed by atoms with Crippen LogP contribution in [-0.4, -0.2) is 0 Å². The van der Waals surface area contributed by atoms with Crippen molar-refractivity contribution < 1.29 is 0 Å². The number of rotatable bonds is 3. The molecule has 2 aromatic rings. The van der Waals surface area contributed by atoms with Crippen molar-refractivity contribution in [2.75, 3.05) is 0 Å². The first-order valence-corrected chi connectivity index (χ1v) is 7.18. The molecule has 0 atom stereocenters. The Bertz CT molecular complexity index is 547. The monoisotopic (exact) mass is 362 g/mol. The van der Waals surface area contributed by atoms with E-state index in [0.717, 1.165) is 8.96 Å².